The van der Waals surface area contributed by atoms with Gasteiger partial charge in [-0.25, -0.2) is 0 Å². The predicted molar refractivity (Wildman–Crippen MR) is 73.0 cm³/mol. The lowest BCUT2D eigenvalue weighted by Crippen LogP contribution is -2.38. The van der Waals surface area contributed by atoms with Gasteiger partial charge in [-0.3, -0.25) is 19.7 Å². The van der Waals surface area contributed by atoms with E-state index in [4.69, 9.17) is 9.84 Å². The molecule has 1 aromatic carbocycles. The topological polar surface area (TPSA) is 131 Å². The zero-order chi connectivity index (χ0) is 16.0. The van der Waals surface area contributed by atoms with Crippen LogP contribution in [0.4, 0.5) is 11.4 Å². The molecule has 1 unspecified atom stereocenters. The highest BCUT2D eigenvalue weighted by atomic mass is 16.6. The highest BCUT2D eigenvalue weighted by molar-refractivity contribution is 6.39. The number of carbonyl (C=O) groups excluding carboxylic acids is 2. The van der Waals surface area contributed by atoms with Crippen LogP contribution in [0.15, 0.2) is 18.2 Å². The quantitative estimate of drug-likeness (QED) is 0.399. The van der Waals surface area contributed by atoms with Gasteiger partial charge in [-0.05, 0) is 13.0 Å². The number of hydrogen-bond donors (Lipinski definition) is 3. The number of hydrogen-bond acceptors (Lipinski definition) is 6. The molecule has 1 atom stereocenters. The fraction of sp³-hybridized carbons (Fsp3) is 0.333. The lowest BCUT2D eigenvalue weighted by molar-refractivity contribution is -0.384. The van der Waals surface area contributed by atoms with Crippen LogP contribution in [-0.4, -0.2) is 41.6 Å². The molecule has 0 saturated heterocycles. The van der Waals surface area contributed by atoms with E-state index in [0.717, 1.165) is 6.07 Å². The monoisotopic (exact) mass is 297 g/mol. The first-order valence-electron chi connectivity index (χ1n) is 5.94. The van der Waals surface area contributed by atoms with E-state index >= 15 is 0 Å². The number of nitrogens with zero attached hydrogens (tertiary/aromatic N) is 1. The molecule has 0 aliphatic heterocycles. The SMILES string of the molecule is COc1ccc([N+](=O)[O-])cc1NC(=O)C(=O)NCC(C)O. The molecular weight excluding hydrogens is 282 g/mol. The second-order valence-corrected chi connectivity index (χ2v) is 4.15. The van der Waals surface area contributed by atoms with Crippen LogP contribution in [0.25, 0.3) is 0 Å². The van der Waals surface area contributed by atoms with Gasteiger partial charge in [-0.1, -0.05) is 0 Å². The predicted octanol–water partition coefficient (Wildman–Crippen LogP) is 0.0389. The number of benzene rings is 1. The van der Waals surface area contributed by atoms with E-state index in [9.17, 15) is 19.7 Å². The molecule has 21 heavy (non-hydrogen) atoms. The maximum atomic E-state index is 11.6. The molecule has 2 amide bonds. The van der Waals surface area contributed by atoms with Crippen molar-refractivity contribution in [2.75, 3.05) is 19.0 Å². The number of carbonyl (C=O) groups is 2. The summed E-state index contributed by atoms with van der Waals surface area (Å²) in [5, 5.41) is 24.1. The van der Waals surface area contributed by atoms with Crippen LogP contribution in [-0.2, 0) is 9.59 Å². The summed E-state index contributed by atoms with van der Waals surface area (Å²) in [6.45, 7) is 1.36. The van der Waals surface area contributed by atoms with Gasteiger partial charge in [0.1, 0.15) is 5.75 Å². The minimum Gasteiger partial charge on any atom is -0.495 e. The van der Waals surface area contributed by atoms with Gasteiger partial charge in [0.15, 0.2) is 0 Å². The summed E-state index contributed by atoms with van der Waals surface area (Å²) >= 11 is 0. The minimum atomic E-state index is -1.02. The van der Waals surface area contributed by atoms with E-state index in [1.165, 1.54) is 26.2 Å². The number of ether oxygens (including phenoxy) is 1. The molecule has 0 bridgehead atoms. The van der Waals surface area contributed by atoms with Gasteiger partial charge in [0, 0.05) is 18.7 Å². The van der Waals surface area contributed by atoms with Crippen molar-refractivity contribution in [3.8, 4) is 5.75 Å². The summed E-state index contributed by atoms with van der Waals surface area (Å²) in [5.74, 6) is -1.81. The van der Waals surface area contributed by atoms with Crippen LogP contribution in [0.1, 0.15) is 6.92 Å². The van der Waals surface area contributed by atoms with E-state index in [2.05, 4.69) is 10.6 Å². The van der Waals surface area contributed by atoms with Crippen molar-refractivity contribution in [1.29, 1.82) is 0 Å². The first-order chi connectivity index (χ1) is 9.85. The number of aliphatic hydroxyl groups is 1. The van der Waals surface area contributed by atoms with E-state index in [-0.39, 0.29) is 23.7 Å². The molecule has 0 saturated carbocycles. The summed E-state index contributed by atoms with van der Waals surface area (Å²) in [7, 11) is 1.32. The van der Waals surface area contributed by atoms with Gasteiger partial charge < -0.3 is 20.5 Å². The van der Waals surface area contributed by atoms with Crippen molar-refractivity contribution in [2.45, 2.75) is 13.0 Å². The lowest BCUT2D eigenvalue weighted by Gasteiger charge is -2.10. The molecule has 0 aliphatic carbocycles. The third kappa shape index (κ3) is 4.73. The van der Waals surface area contributed by atoms with Crippen LogP contribution in [0.2, 0.25) is 0 Å². The molecule has 0 aromatic heterocycles. The van der Waals surface area contributed by atoms with Crippen LogP contribution < -0.4 is 15.4 Å². The molecule has 1 aromatic rings. The van der Waals surface area contributed by atoms with Crippen LogP contribution in [0.3, 0.4) is 0 Å². The number of nitro benzene ring substituents is 1. The third-order valence-corrected chi connectivity index (χ3v) is 2.41. The van der Waals surface area contributed by atoms with Crippen molar-refractivity contribution in [1.82, 2.24) is 5.32 Å². The fourth-order valence-electron chi connectivity index (χ4n) is 1.41. The van der Waals surface area contributed by atoms with Gasteiger partial charge >= 0.3 is 11.8 Å². The van der Waals surface area contributed by atoms with Gasteiger partial charge in [-0.2, -0.15) is 0 Å². The Morgan fingerprint density at radius 2 is 2.10 bits per heavy atom. The maximum absolute atomic E-state index is 11.6. The van der Waals surface area contributed by atoms with E-state index in [0.29, 0.717) is 0 Å². The Bertz CT molecular complexity index is 558. The Kier molecular flexibility index (Phi) is 5.61. The van der Waals surface area contributed by atoms with Crippen molar-refractivity contribution < 1.29 is 24.4 Å². The van der Waals surface area contributed by atoms with Gasteiger partial charge in [0.05, 0.1) is 23.8 Å². The molecule has 0 aliphatic rings. The summed E-state index contributed by atoms with van der Waals surface area (Å²) in [6.07, 6.45) is -0.797. The molecule has 1 rings (SSSR count). The Balaban J connectivity index is 2.85. The van der Waals surface area contributed by atoms with Crippen molar-refractivity contribution in [3.63, 3.8) is 0 Å². The zero-order valence-electron chi connectivity index (χ0n) is 11.5. The van der Waals surface area contributed by atoms with Gasteiger partial charge in [-0.15, -0.1) is 0 Å². The normalized spacial score (nSPS) is 11.4. The summed E-state index contributed by atoms with van der Waals surface area (Å²) in [5.41, 5.74) is -0.251. The van der Waals surface area contributed by atoms with Crippen LogP contribution in [0.5, 0.6) is 5.75 Å². The van der Waals surface area contributed by atoms with Crippen molar-refractivity contribution in [2.24, 2.45) is 0 Å². The van der Waals surface area contributed by atoms with E-state index < -0.39 is 22.8 Å². The molecule has 0 spiro atoms. The largest absolute Gasteiger partial charge is 0.495 e. The second kappa shape index (κ2) is 7.20. The summed E-state index contributed by atoms with van der Waals surface area (Å²) in [4.78, 5) is 33.2. The molecule has 114 valence electrons. The Labute approximate surface area is 120 Å². The van der Waals surface area contributed by atoms with Crippen LogP contribution >= 0.6 is 0 Å². The Morgan fingerprint density at radius 1 is 1.43 bits per heavy atom. The zero-order valence-corrected chi connectivity index (χ0v) is 11.5. The molecule has 0 heterocycles. The molecule has 0 fully saturated rings. The van der Waals surface area contributed by atoms with Crippen molar-refractivity contribution >= 4 is 23.2 Å². The highest BCUT2D eigenvalue weighted by Gasteiger charge is 2.18. The molecular formula is C12H15N3O6. The first kappa shape index (κ1) is 16.4. The van der Waals surface area contributed by atoms with Gasteiger partial charge in [0.2, 0.25) is 0 Å². The standard InChI is InChI=1S/C12H15N3O6/c1-7(16)6-13-11(17)12(18)14-9-5-8(15(19)20)3-4-10(9)21-2/h3-5,7,16H,6H2,1-2H3,(H,13,17)(H,14,18). The van der Waals surface area contributed by atoms with E-state index in [1.807, 2.05) is 0 Å². The number of nitro groups is 1. The highest BCUT2D eigenvalue weighted by Crippen LogP contribution is 2.28. The summed E-state index contributed by atoms with van der Waals surface area (Å²) < 4.78 is 4.95. The van der Waals surface area contributed by atoms with Crippen molar-refractivity contribution in [3.05, 3.63) is 28.3 Å². The second-order valence-electron chi connectivity index (χ2n) is 4.15. The Morgan fingerprint density at radius 3 is 2.62 bits per heavy atom. The first-order valence-corrected chi connectivity index (χ1v) is 5.94. The number of nitrogens with one attached hydrogen (secondary N) is 2. The molecule has 3 N–H and O–H groups in total. The van der Waals surface area contributed by atoms with Crippen LogP contribution in [0, 0.1) is 10.1 Å². The van der Waals surface area contributed by atoms with Gasteiger partial charge in [0.25, 0.3) is 5.69 Å². The number of rotatable bonds is 5. The van der Waals surface area contributed by atoms with E-state index in [1.54, 1.807) is 0 Å². The Hall–Kier alpha value is -2.68. The number of amides is 2. The minimum absolute atomic E-state index is 0.00361. The number of non-ortho nitro benzene ring substituents is 1. The molecule has 0 radical (unpaired) electrons. The maximum Gasteiger partial charge on any atom is 0.313 e. The number of aliphatic hydroxyl groups excluding tert-OH is 1. The average Bonchev–Trinajstić information content (AvgIpc) is 2.44. The molecule has 9 nitrogen and oxygen atoms in total. The number of anilines is 1. The third-order valence-electron chi connectivity index (χ3n) is 2.41. The number of methoxy groups -OCH3 is 1. The molecule has 9 heteroatoms. The average molecular weight is 297 g/mol. The lowest BCUT2D eigenvalue weighted by atomic mass is 10.2. The smallest absolute Gasteiger partial charge is 0.313 e. The summed E-state index contributed by atoms with van der Waals surface area (Å²) in [6, 6.07) is 3.60. The fourth-order valence-corrected chi connectivity index (χ4v) is 1.41.